The molecule has 0 aliphatic carbocycles. The monoisotopic (exact) mass is 207 g/mol. The first-order valence-corrected chi connectivity index (χ1v) is 4.34. The minimum Gasteiger partial charge on any atom is -0.481 e. The molecule has 0 spiro atoms. The van der Waals surface area contributed by atoms with E-state index in [2.05, 4.69) is 5.32 Å². The van der Waals surface area contributed by atoms with E-state index >= 15 is 0 Å². The van der Waals surface area contributed by atoms with Gasteiger partial charge in [-0.3, -0.25) is 4.79 Å². The zero-order chi connectivity index (χ0) is 9.41. The molecule has 1 rings (SSSR count). The first kappa shape index (κ1) is 12.7. The molecule has 1 aliphatic heterocycles. The van der Waals surface area contributed by atoms with Crippen LogP contribution >= 0.6 is 12.4 Å². The summed E-state index contributed by atoms with van der Waals surface area (Å²) in [4.78, 5) is 11.1. The third kappa shape index (κ3) is 1.97. The first-order chi connectivity index (χ1) is 5.40. The van der Waals surface area contributed by atoms with Crippen LogP contribution in [0.2, 0.25) is 0 Å². The van der Waals surface area contributed by atoms with Gasteiger partial charge in [0.15, 0.2) is 0 Å². The third-order valence-corrected chi connectivity index (χ3v) is 3.00. The SMILES string of the molecule is CC(C)(C)C1(C(=O)O)CCNC1.Cl. The maximum absolute atomic E-state index is 11.1. The topological polar surface area (TPSA) is 49.3 Å². The Kier molecular flexibility index (Phi) is 3.76. The Labute approximate surface area is 85.3 Å². The Morgan fingerprint density at radius 2 is 2.00 bits per heavy atom. The minimum absolute atomic E-state index is 0. The number of halogens is 1. The van der Waals surface area contributed by atoms with Crippen molar-refractivity contribution in [3.05, 3.63) is 0 Å². The van der Waals surface area contributed by atoms with Gasteiger partial charge in [-0.05, 0) is 18.4 Å². The van der Waals surface area contributed by atoms with Crippen molar-refractivity contribution < 1.29 is 9.90 Å². The molecule has 78 valence electrons. The third-order valence-electron chi connectivity index (χ3n) is 3.00. The molecule has 13 heavy (non-hydrogen) atoms. The second-order valence-electron chi connectivity index (χ2n) is 4.56. The maximum Gasteiger partial charge on any atom is 0.311 e. The fourth-order valence-corrected chi connectivity index (χ4v) is 1.84. The molecule has 2 N–H and O–H groups in total. The number of aliphatic carboxylic acids is 1. The Hall–Kier alpha value is -0.280. The van der Waals surface area contributed by atoms with E-state index in [9.17, 15) is 4.79 Å². The zero-order valence-electron chi connectivity index (χ0n) is 8.39. The average Bonchev–Trinajstić information content (AvgIpc) is 2.31. The molecule has 1 atom stereocenters. The van der Waals surface area contributed by atoms with Gasteiger partial charge in [-0.2, -0.15) is 0 Å². The van der Waals surface area contributed by atoms with E-state index < -0.39 is 11.4 Å². The lowest BCUT2D eigenvalue weighted by atomic mass is 9.66. The van der Waals surface area contributed by atoms with Gasteiger partial charge in [0, 0.05) is 6.54 Å². The highest BCUT2D eigenvalue weighted by atomic mass is 35.5. The summed E-state index contributed by atoms with van der Waals surface area (Å²) in [6, 6.07) is 0. The lowest BCUT2D eigenvalue weighted by Gasteiger charge is -2.37. The van der Waals surface area contributed by atoms with Gasteiger partial charge in [0.2, 0.25) is 0 Å². The molecule has 0 radical (unpaired) electrons. The normalized spacial score (nSPS) is 28.2. The van der Waals surface area contributed by atoms with E-state index in [4.69, 9.17) is 5.11 Å². The van der Waals surface area contributed by atoms with Crippen molar-refractivity contribution in [1.82, 2.24) is 5.32 Å². The van der Waals surface area contributed by atoms with E-state index in [1.54, 1.807) is 0 Å². The predicted molar refractivity (Wildman–Crippen MR) is 54.3 cm³/mol. The number of rotatable bonds is 1. The van der Waals surface area contributed by atoms with Crippen molar-refractivity contribution >= 4 is 18.4 Å². The molecule has 0 aromatic carbocycles. The molecule has 1 fully saturated rings. The van der Waals surface area contributed by atoms with E-state index in [-0.39, 0.29) is 17.8 Å². The molecular weight excluding hydrogens is 190 g/mol. The van der Waals surface area contributed by atoms with Crippen LogP contribution in [0.25, 0.3) is 0 Å². The fraction of sp³-hybridized carbons (Fsp3) is 0.889. The van der Waals surface area contributed by atoms with E-state index in [1.165, 1.54) is 0 Å². The summed E-state index contributed by atoms with van der Waals surface area (Å²) in [7, 11) is 0. The lowest BCUT2D eigenvalue weighted by molar-refractivity contribution is -0.154. The van der Waals surface area contributed by atoms with Gasteiger partial charge in [0.25, 0.3) is 0 Å². The summed E-state index contributed by atoms with van der Waals surface area (Å²) in [6.07, 6.45) is 0.742. The molecule has 1 unspecified atom stereocenters. The number of carbonyl (C=O) groups is 1. The van der Waals surface area contributed by atoms with Crippen LogP contribution in [0.4, 0.5) is 0 Å². The highest BCUT2D eigenvalue weighted by Crippen LogP contribution is 2.43. The van der Waals surface area contributed by atoms with Crippen molar-refractivity contribution in [3.8, 4) is 0 Å². The smallest absolute Gasteiger partial charge is 0.311 e. The van der Waals surface area contributed by atoms with Crippen molar-refractivity contribution in [3.63, 3.8) is 0 Å². The second kappa shape index (κ2) is 3.84. The van der Waals surface area contributed by atoms with Crippen molar-refractivity contribution in [1.29, 1.82) is 0 Å². The van der Waals surface area contributed by atoms with Gasteiger partial charge in [-0.15, -0.1) is 12.4 Å². The van der Waals surface area contributed by atoms with Gasteiger partial charge >= 0.3 is 5.97 Å². The molecule has 0 saturated carbocycles. The summed E-state index contributed by atoms with van der Waals surface area (Å²) < 4.78 is 0. The van der Waals surface area contributed by atoms with Crippen LogP contribution in [0, 0.1) is 10.8 Å². The number of hydrogen-bond acceptors (Lipinski definition) is 2. The van der Waals surface area contributed by atoms with E-state index in [0.29, 0.717) is 6.54 Å². The van der Waals surface area contributed by atoms with E-state index in [1.807, 2.05) is 20.8 Å². The number of carboxylic acid groups (broad SMARTS) is 1. The number of carboxylic acids is 1. The molecule has 1 saturated heterocycles. The summed E-state index contributed by atoms with van der Waals surface area (Å²) in [6.45, 7) is 7.41. The Morgan fingerprint density at radius 1 is 1.46 bits per heavy atom. The molecule has 0 aromatic heterocycles. The van der Waals surface area contributed by atoms with E-state index in [0.717, 1.165) is 13.0 Å². The lowest BCUT2D eigenvalue weighted by Crippen LogP contribution is -2.44. The molecule has 1 heterocycles. The number of nitrogens with one attached hydrogen (secondary N) is 1. The molecule has 4 heteroatoms. The summed E-state index contributed by atoms with van der Waals surface area (Å²) in [5.41, 5.74) is -0.727. The van der Waals surface area contributed by atoms with Gasteiger partial charge < -0.3 is 10.4 Å². The van der Waals surface area contributed by atoms with Crippen LogP contribution < -0.4 is 5.32 Å². The van der Waals surface area contributed by atoms with Crippen LogP contribution in [-0.4, -0.2) is 24.2 Å². The Balaban J connectivity index is 0.00000144. The number of hydrogen-bond donors (Lipinski definition) is 2. The zero-order valence-corrected chi connectivity index (χ0v) is 9.20. The van der Waals surface area contributed by atoms with Gasteiger partial charge in [0.05, 0.1) is 5.41 Å². The molecule has 0 bridgehead atoms. The standard InChI is InChI=1S/C9H17NO2.ClH/c1-8(2,3)9(7(11)12)4-5-10-6-9;/h10H,4-6H2,1-3H3,(H,11,12);1H. The molecule has 1 aliphatic rings. The summed E-state index contributed by atoms with van der Waals surface area (Å²) in [5, 5.41) is 12.3. The largest absolute Gasteiger partial charge is 0.481 e. The maximum atomic E-state index is 11.1. The van der Waals surface area contributed by atoms with Crippen molar-refractivity contribution in [2.24, 2.45) is 10.8 Å². The van der Waals surface area contributed by atoms with Crippen LogP contribution in [0.15, 0.2) is 0 Å². The highest BCUT2D eigenvalue weighted by Gasteiger charge is 2.50. The molecular formula is C9H18ClNO2. The highest BCUT2D eigenvalue weighted by molar-refractivity contribution is 5.85. The predicted octanol–water partition coefficient (Wildman–Crippen LogP) is 1.52. The average molecular weight is 208 g/mol. The van der Waals surface area contributed by atoms with Crippen LogP contribution in [0.1, 0.15) is 27.2 Å². The summed E-state index contributed by atoms with van der Waals surface area (Å²) in [5.74, 6) is -0.667. The Morgan fingerprint density at radius 3 is 2.15 bits per heavy atom. The first-order valence-electron chi connectivity index (χ1n) is 4.34. The van der Waals surface area contributed by atoms with Gasteiger partial charge in [-0.25, -0.2) is 0 Å². The van der Waals surface area contributed by atoms with Gasteiger partial charge in [0.1, 0.15) is 0 Å². The quantitative estimate of drug-likeness (QED) is 0.686. The van der Waals surface area contributed by atoms with Gasteiger partial charge in [-0.1, -0.05) is 20.8 Å². The summed E-state index contributed by atoms with van der Waals surface area (Å²) >= 11 is 0. The molecule has 0 aromatic rings. The van der Waals surface area contributed by atoms with Crippen LogP contribution in [-0.2, 0) is 4.79 Å². The second-order valence-corrected chi connectivity index (χ2v) is 4.56. The minimum atomic E-state index is -0.667. The molecule has 0 amide bonds. The van der Waals surface area contributed by atoms with Crippen LogP contribution in [0.5, 0.6) is 0 Å². The van der Waals surface area contributed by atoms with Crippen molar-refractivity contribution in [2.75, 3.05) is 13.1 Å². The Bertz CT molecular complexity index is 192. The molecule has 3 nitrogen and oxygen atoms in total. The van der Waals surface area contributed by atoms with Crippen LogP contribution in [0.3, 0.4) is 0 Å². The van der Waals surface area contributed by atoms with Crippen molar-refractivity contribution in [2.45, 2.75) is 27.2 Å². The fourth-order valence-electron chi connectivity index (χ4n) is 1.84.